The van der Waals surface area contributed by atoms with Crippen molar-refractivity contribution in [3.63, 3.8) is 0 Å². The Kier molecular flexibility index (Phi) is 12.1. The Labute approximate surface area is 183 Å². The quantitative estimate of drug-likeness (QED) is 0.200. The van der Waals surface area contributed by atoms with Gasteiger partial charge in [0.2, 0.25) is 0 Å². The average molecular weight is 432 g/mol. The molecular formula is C25H38NO3P. The molecule has 0 aliphatic carbocycles. The molecule has 0 heterocycles. The van der Waals surface area contributed by atoms with Crippen molar-refractivity contribution in [3.05, 3.63) is 54.6 Å². The molecule has 1 atom stereocenters. The molecule has 0 amide bonds. The minimum Gasteiger partial charge on any atom is -0.494 e. The smallest absolute Gasteiger partial charge is 0.332 e. The van der Waals surface area contributed by atoms with Crippen molar-refractivity contribution in [3.8, 4) is 11.5 Å². The van der Waals surface area contributed by atoms with Crippen LogP contribution in [0.25, 0.3) is 0 Å². The predicted octanol–water partition coefficient (Wildman–Crippen LogP) is 7.89. The highest BCUT2D eigenvalue weighted by molar-refractivity contribution is 7.41. The summed E-state index contributed by atoms with van der Waals surface area (Å²) in [5, 5.41) is 0. The molecule has 166 valence electrons. The second kappa shape index (κ2) is 15.0. The Morgan fingerprint density at radius 1 is 0.733 bits per heavy atom. The van der Waals surface area contributed by atoms with Gasteiger partial charge in [0.15, 0.2) is 0 Å². The highest BCUT2D eigenvalue weighted by atomic mass is 31.1. The Balaban J connectivity index is 1.58. The van der Waals surface area contributed by atoms with E-state index in [1.807, 2.05) is 42.5 Å². The van der Waals surface area contributed by atoms with Gasteiger partial charge in [-0.25, -0.2) is 0 Å². The Morgan fingerprint density at radius 3 is 1.90 bits per heavy atom. The number of hydrogen-bond donors (Lipinski definition) is 0. The van der Waals surface area contributed by atoms with Crippen LogP contribution in [0.2, 0.25) is 0 Å². The van der Waals surface area contributed by atoms with Crippen LogP contribution in [-0.4, -0.2) is 13.7 Å². The van der Waals surface area contributed by atoms with Crippen LogP contribution >= 0.6 is 8.18 Å². The minimum absolute atomic E-state index is 0.615. The van der Waals surface area contributed by atoms with Gasteiger partial charge in [-0.1, -0.05) is 82.9 Å². The van der Waals surface area contributed by atoms with Crippen LogP contribution in [-0.2, 0) is 4.57 Å². The van der Waals surface area contributed by atoms with Gasteiger partial charge in [0.05, 0.1) is 6.61 Å². The van der Waals surface area contributed by atoms with Crippen molar-refractivity contribution < 1.29 is 13.8 Å². The lowest BCUT2D eigenvalue weighted by Crippen LogP contribution is -2.09. The molecular weight excluding hydrogens is 393 g/mol. The van der Waals surface area contributed by atoms with Crippen molar-refractivity contribution in [2.24, 2.45) is 0 Å². The standard InChI is InChI=1S/C25H38NO3P/c1-3-4-5-6-7-8-9-10-11-15-22-28-24-20-18-23(19-21-24)26(2)30(27)29-25-16-13-12-14-17-25/h12-14,16-21,30H,3-11,15,22H2,1-2H3. The van der Waals surface area contributed by atoms with Crippen LogP contribution in [0.1, 0.15) is 71.1 Å². The van der Waals surface area contributed by atoms with Crippen LogP contribution in [0.5, 0.6) is 11.5 Å². The van der Waals surface area contributed by atoms with E-state index in [0.717, 1.165) is 24.5 Å². The largest absolute Gasteiger partial charge is 0.494 e. The zero-order valence-electron chi connectivity index (χ0n) is 18.6. The lowest BCUT2D eigenvalue weighted by atomic mass is 10.1. The number of rotatable bonds is 16. The molecule has 30 heavy (non-hydrogen) atoms. The molecule has 5 heteroatoms. The summed E-state index contributed by atoms with van der Waals surface area (Å²) in [6.45, 7) is 3.01. The zero-order valence-corrected chi connectivity index (χ0v) is 19.6. The van der Waals surface area contributed by atoms with Gasteiger partial charge < -0.3 is 9.26 Å². The predicted molar refractivity (Wildman–Crippen MR) is 128 cm³/mol. The van der Waals surface area contributed by atoms with Crippen molar-refractivity contribution in [2.45, 2.75) is 71.1 Å². The number of para-hydroxylation sites is 1. The third kappa shape index (κ3) is 9.71. The van der Waals surface area contributed by atoms with Gasteiger partial charge in [0.25, 0.3) is 0 Å². The normalized spacial score (nSPS) is 11.8. The van der Waals surface area contributed by atoms with Crippen molar-refractivity contribution in [1.29, 1.82) is 0 Å². The summed E-state index contributed by atoms with van der Waals surface area (Å²) in [5.41, 5.74) is 0.848. The molecule has 0 spiro atoms. The maximum absolute atomic E-state index is 12.4. The fourth-order valence-electron chi connectivity index (χ4n) is 3.31. The van der Waals surface area contributed by atoms with Crippen LogP contribution in [0.4, 0.5) is 5.69 Å². The summed E-state index contributed by atoms with van der Waals surface area (Å²) in [6, 6.07) is 17.0. The van der Waals surface area contributed by atoms with Crippen LogP contribution in [0, 0.1) is 0 Å². The number of nitrogens with zero attached hydrogens (tertiary/aromatic N) is 1. The SMILES string of the molecule is CCCCCCCCCCCCOc1ccc(N(C)[PH](=O)Oc2ccccc2)cc1. The molecule has 0 bridgehead atoms. The molecule has 1 unspecified atom stereocenters. The second-order valence-electron chi connectivity index (χ2n) is 7.76. The van der Waals surface area contributed by atoms with Gasteiger partial charge >= 0.3 is 8.18 Å². The van der Waals surface area contributed by atoms with Gasteiger partial charge in [-0.15, -0.1) is 0 Å². The second-order valence-corrected chi connectivity index (χ2v) is 9.17. The average Bonchev–Trinajstić information content (AvgIpc) is 2.78. The topological polar surface area (TPSA) is 38.8 Å². The van der Waals surface area contributed by atoms with Gasteiger partial charge in [0.1, 0.15) is 11.5 Å². The first-order valence-corrected chi connectivity index (χ1v) is 12.7. The van der Waals surface area contributed by atoms with Crippen molar-refractivity contribution in [1.82, 2.24) is 0 Å². The number of anilines is 1. The molecule has 2 rings (SSSR count). The maximum Gasteiger partial charge on any atom is 0.332 e. The number of benzene rings is 2. The lowest BCUT2D eigenvalue weighted by molar-refractivity contribution is 0.304. The summed E-state index contributed by atoms with van der Waals surface area (Å²) in [7, 11) is -0.599. The van der Waals surface area contributed by atoms with Crippen molar-refractivity contribution >= 4 is 13.9 Å². The van der Waals surface area contributed by atoms with E-state index >= 15 is 0 Å². The molecule has 2 aromatic carbocycles. The third-order valence-electron chi connectivity index (χ3n) is 5.21. The number of ether oxygens (including phenoxy) is 1. The van der Waals surface area contributed by atoms with E-state index in [4.69, 9.17) is 9.26 Å². The molecule has 0 N–H and O–H groups in total. The van der Waals surface area contributed by atoms with E-state index in [2.05, 4.69) is 6.92 Å². The van der Waals surface area contributed by atoms with Crippen molar-refractivity contribution in [2.75, 3.05) is 18.3 Å². The van der Waals surface area contributed by atoms with E-state index in [1.54, 1.807) is 23.9 Å². The first kappa shape index (κ1) is 24.3. The Hall–Kier alpha value is -1.93. The lowest BCUT2D eigenvalue weighted by Gasteiger charge is -2.19. The number of hydrogen-bond acceptors (Lipinski definition) is 3. The summed E-state index contributed by atoms with van der Waals surface area (Å²) >= 11 is 0. The van der Waals surface area contributed by atoms with E-state index in [-0.39, 0.29) is 0 Å². The Morgan fingerprint density at radius 2 is 1.30 bits per heavy atom. The number of unbranched alkanes of at least 4 members (excludes halogenated alkanes) is 9. The molecule has 4 nitrogen and oxygen atoms in total. The van der Waals surface area contributed by atoms with Gasteiger partial charge in [-0.2, -0.15) is 0 Å². The highest BCUT2D eigenvalue weighted by Gasteiger charge is 2.10. The molecule has 0 aliphatic heterocycles. The van der Waals surface area contributed by atoms with E-state index < -0.39 is 8.18 Å². The van der Waals surface area contributed by atoms with E-state index in [9.17, 15) is 4.57 Å². The van der Waals surface area contributed by atoms with Gasteiger partial charge in [0, 0.05) is 12.7 Å². The summed E-state index contributed by atoms with van der Waals surface area (Å²) < 4.78 is 25.5. The molecule has 0 fully saturated rings. The zero-order chi connectivity index (χ0) is 21.4. The minimum atomic E-state index is -2.38. The molecule has 0 aromatic heterocycles. The fourth-order valence-corrected chi connectivity index (χ4v) is 4.14. The van der Waals surface area contributed by atoms with Crippen LogP contribution in [0.3, 0.4) is 0 Å². The van der Waals surface area contributed by atoms with Crippen LogP contribution < -0.4 is 13.9 Å². The highest BCUT2D eigenvalue weighted by Crippen LogP contribution is 2.34. The van der Waals surface area contributed by atoms with Gasteiger partial charge in [-0.05, 0) is 42.8 Å². The Bertz CT molecular complexity index is 706. The molecule has 0 aliphatic rings. The van der Waals surface area contributed by atoms with Gasteiger partial charge in [-0.3, -0.25) is 9.24 Å². The van der Waals surface area contributed by atoms with Crippen LogP contribution in [0.15, 0.2) is 54.6 Å². The molecule has 0 saturated carbocycles. The summed E-state index contributed by atoms with van der Waals surface area (Å²) in [4.78, 5) is 0. The molecule has 0 saturated heterocycles. The first-order chi connectivity index (χ1) is 14.7. The summed E-state index contributed by atoms with van der Waals surface area (Å²) in [6.07, 6.45) is 13.2. The fraction of sp³-hybridized carbons (Fsp3) is 0.520. The molecule has 0 radical (unpaired) electrons. The van der Waals surface area contributed by atoms with E-state index in [1.165, 1.54) is 57.8 Å². The first-order valence-electron chi connectivity index (χ1n) is 11.4. The monoisotopic (exact) mass is 431 g/mol. The van der Waals surface area contributed by atoms with E-state index in [0.29, 0.717) is 5.75 Å². The summed E-state index contributed by atoms with van der Waals surface area (Å²) in [5.74, 6) is 1.47. The third-order valence-corrected chi connectivity index (χ3v) is 6.43. The maximum atomic E-state index is 12.4. The molecule has 2 aromatic rings.